The van der Waals surface area contributed by atoms with E-state index in [4.69, 9.17) is 10.5 Å². The smallest absolute Gasteiger partial charge is 0.149 e. The van der Waals surface area contributed by atoms with Gasteiger partial charge in [0.1, 0.15) is 12.0 Å². The van der Waals surface area contributed by atoms with Crippen LogP contribution in [-0.2, 0) is 9.53 Å². The molecule has 0 aromatic rings. The Hall–Kier alpha value is -0.450. The molecule has 0 radical (unpaired) electrons. The van der Waals surface area contributed by atoms with E-state index in [1.165, 1.54) is 0 Å². The second kappa shape index (κ2) is 3.09. The fourth-order valence-corrected chi connectivity index (χ4v) is 0.904. The van der Waals surface area contributed by atoms with Gasteiger partial charge in [-0.1, -0.05) is 0 Å². The Morgan fingerprint density at radius 1 is 1.90 bits per heavy atom. The number of hydrogen-bond donors (Lipinski definition) is 2. The number of carbonyl (C=O) groups excluding carboxylic acids is 1. The van der Waals surface area contributed by atoms with Crippen LogP contribution in [-0.4, -0.2) is 31.2 Å². The van der Waals surface area contributed by atoms with Gasteiger partial charge in [-0.25, -0.2) is 0 Å². The highest BCUT2D eigenvalue weighted by Gasteiger charge is 2.25. The Kier molecular flexibility index (Phi) is 2.37. The summed E-state index contributed by atoms with van der Waals surface area (Å²) in [5, 5.41) is 2.94. The van der Waals surface area contributed by atoms with Gasteiger partial charge in [-0.3, -0.25) is 10.1 Å². The molecule has 58 valence electrons. The van der Waals surface area contributed by atoms with Crippen LogP contribution in [0.25, 0.3) is 0 Å². The van der Waals surface area contributed by atoms with Crippen LogP contribution >= 0.6 is 0 Å². The first-order valence-electron chi connectivity index (χ1n) is 3.32. The summed E-state index contributed by atoms with van der Waals surface area (Å²) in [5.74, 6) is 0.107. The van der Waals surface area contributed by atoms with Gasteiger partial charge < -0.3 is 10.5 Å². The van der Waals surface area contributed by atoms with Crippen molar-refractivity contribution in [1.29, 1.82) is 0 Å². The second-order valence-corrected chi connectivity index (χ2v) is 2.39. The minimum Gasteiger partial charge on any atom is -0.360 e. The van der Waals surface area contributed by atoms with Gasteiger partial charge in [-0.15, -0.1) is 0 Å². The maximum atomic E-state index is 10.7. The highest BCUT2D eigenvalue weighted by Crippen LogP contribution is 2.01. The number of carbonyl (C=O) groups is 1. The summed E-state index contributed by atoms with van der Waals surface area (Å²) in [7, 11) is 0. The predicted molar refractivity (Wildman–Crippen MR) is 36.4 cm³/mol. The Morgan fingerprint density at radius 3 is 2.90 bits per heavy atom. The van der Waals surface area contributed by atoms with E-state index in [0.717, 1.165) is 0 Å². The van der Waals surface area contributed by atoms with Crippen LogP contribution in [0.1, 0.15) is 6.92 Å². The number of nitrogens with two attached hydrogens (primary N) is 1. The third-order valence-electron chi connectivity index (χ3n) is 1.56. The number of Topliss-reactive ketones (excluding diaryl/α,β-unsaturated/α-hetero) is 1. The SMILES string of the molecule is CC(=O)C1COC(CN)N1. The molecule has 0 aromatic carbocycles. The largest absolute Gasteiger partial charge is 0.360 e. The van der Waals surface area contributed by atoms with Crippen molar-refractivity contribution in [2.45, 2.75) is 19.2 Å². The molecule has 1 aliphatic heterocycles. The fraction of sp³-hybridized carbons (Fsp3) is 0.833. The molecular formula is C6H12N2O2. The van der Waals surface area contributed by atoms with Gasteiger partial charge in [0.2, 0.25) is 0 Å². The number of ether oxygens (including phenoxy) is 1. The molecule has 1 heterocycles. The first-order valence-corrected chi connectivity index (χ1v) is 3.32. The van der Waals surface area contributed by atoms with Gasteiger partial charge in [0.05, 0.1) is 12.6 Å². The molecule has 10 heavy (non-hydrogen) atoms. The van der Waals surface area contributed by atoms with E-state index in [2.05, 4.69) is 5.32 Å². The number of nitrogens with one attached hydrogen (secondary N) is 1. The minimum atomic E-state index is -0.145. The van der Waals surface area contributed by atoms with Crippen molar-refractivity contribution in [1.82, 2.24) is 5.32 Å². The summed E-state index contributed by atoms with van der Waals surface area (Å²) in [5.41, 5.74) is 5.30. The number of rotatable bonds is 2. The van der Waals surface area contributed by atoms with Crippen LogP contribution < -0.4 is 11.1 Å². The van der Waals surface area contributed by atoms with Crippen molar-refractivity contribution in [3.8, 4) is 0 Å². The van der Waals surface area contributed by atoms with Crippen LogP contribution in [0, 0.1) is 0 Å². The fourth-order valence-electron chi connectivity index (χ4n) is 0.904. The lowest BCUT2D eigenvalue weighted by Gasteiger charge is -2.05. The highest BCUT2D eigenvalue weighted by atomic mass is 16.5. The maximum absolute atomic E-state index is 10.7. The third kappa shape index (κ3) is 1.53. The Balaban J connectivity index is 2.35. The normalized spacial score (nSPS) is 32.6. The Bertz CT molecular complexity index is 138. The summed E-state index contributed by atoms with van der Waals surface area (Å²) < 4.78 is 5.12. The van der Waals surface area contributed by atoms with Gasteiger partial charge in [0, 0.05) is 6.54 Å². The predicted octanol–water partition coefficient (Wildman–Crippen LogP) is -1.15. The quantitative estimate of drug-likeness (QED) is 0.513. The van der Waals surface area contributed by atoms with Crippen molar-refractivity contribution in [3.05, 3.63) is 0 Å². The van der Waals surface area contributed by atoms with Crippen molar-refractivity contribution in [2.24, 2.45) is 5.73 Å². The van der Waals surface area contributed by atoms with Crippen LogP contribution in [0.4, 0.5) is 0 Å². The molecule has 0 spiro atoms. The summed E-state index contributed by atoms with van der Waals surface area (Å²) >= 11 is 0. The molecule has 2 atom stereocenters. The van der Waals surface area contributed by atoms with Gasteiger partial charge in [-0.05, 0) is 6.92 Å². The first kappa shape index (κ1) is 7.65. The zero-order chi connectivity index (χ0) is 7.56. The van der Waals surface area contributed by atoms with Gasteiger partial charge in [0.25, 0.3) is 0 Å². The number of hydrogen-bond acceptors (Lipinski definition) is 4. The average molecular weight is 144 g/mol. The van der Waals surface area contributed by atoms with Gasteiger partial charge >= 0.3 is 0 Å². The van der Waals surface area contributed by atoms with Gasteiger partial charge in [0.15, 0.2) is 0 Å². The van der Waals surface area contributed by atoms with Crippen LogP contribution in [0.2, 0.25) is 0 Å². The van der Waals surface area contributed by atoms with Gasteiger partial charge in [-0.2, -0.15) is 0 Å². The van der Waals surface area contributed by atoms with E-state index >= 15 is 0 Å². The van der Waals surface area contributed by atoms with E-state index in [1.807, 2.05) is 0 Å². The Morgan fingerprint density at radius 2 is 2.60 bits per heavy atom. The third-order valence-corrected chi connectivity index (χ3v) is 1.56. The molecular weight excluding hydrogens is 132 g/mol. The van der Waals surface area contributed by atoms with Crippen molar-refractivity contribution in [3.63, 3.8) is 0 Å². The van der Waals surface area contributed by atoms with Crippen molar-refractivity contribution < 1.29 is 9.53 Å². The van der Waals surface area contributed by atoms with Crippen molar-refractivity contribution in [2.75, 3.05) is 13.2 Å². The summed E-state index contributed by atoms with van der Waals surface area (Å²) in [6, 6.07) is -0.145. The Labute approximate surface area is 59.7 Å². The minimum absolute atomic E-state index is 0.107. The van der Waals surface area contributed by atoms with E-state index in [0.29, 0.717) is 13.2 Å². The first-order chi connectivity index (χ1) is 4.74. The molecule has 2 unspecified atom stereocenters. The molecule has 1 fully saturated rings. The molecule has 0 amide bonds. The van der Waals surface area contributed by atoms with E-state index in [9.17, 15) is 4.79 Å². The monoisotopic (exact) mass is 144 g/mol. The lowest BCUT2D eigenvalue weighted by atomic mass is 10.2. The molecule has 4 heteroatoms. The van der Waals surface area contributed by atoms with E-state index in [-0.39, 0.29) is 18.1 Å². The molecule has 4 nitrogen and oxygen atoms in total. The standard InChI is InChI=1S/C6H12N2O2/c1-4(9)5-3-10-6(2-7)8-5/h5-6,8H,2-3,7H2,1H3. The zero-order valence-electron chi connectivity index (χ0n) is 5.96. The average Bonchev–Trinajstić information content (AvgIpc) is 2.34. The van der Waals surface area contributed by atoms with Crippen LogP contribution in [0.3, 0.4) is 0 Å². The second-order valence-electron chi connectivity index (χ2n) is 2.39. The van der Waals surface area contributed by atoms with E-state index < -0.39 is 0 Å². The summed E-state index contributed by atoms with van der Waals surface area (Å²) in [6.45, 7) is 2.42. The van der Waals surface area contributed by atoms with Crippen molar-refractivity contribution >= 4 is 5.78 Å². The molecule has 1 rings (SSSR count). The van der Waals surface area contributed by atoms with Crippen LogP contribution in [0.5, 0.6) is 0 Å². The number of ketones is 1. The summed E-state index contributed by atoms with van der Waals surface area (Å²) in [4.78, 5) is 10.7. The molecule has 0 saturated carbocycles. The van der Waals surface area contributed by atoms with Crippen LogP contribution in [0.15, 0.2) is 0 Å². The molecule has 1 aliphatic rings. The lowest BCUT2D eigenvalue weighted by Crippen LogP contribution is -2.39. The van der Waals surface area contributed by atoms with E-state index in [1.54, 1.807) is 6.92 Å². The topological polar surface area (TPSA) is 64.3 Å². The molecule has 0 aromatic heterocycles. The summed E-state index contributed by atoms with van der Waals surface area (Å²) in [6.07, 6.45) is -0.131. The zero-order valence-corrected chi connectivity index (χ0v) is 5.96. The molecule has 1 saturated heterocycles. The maximum Gasteiger partial charge on any atom is 0.149 e. The molecule has 3 N–H and O–H groups in total. The molecule has 0 aliphatic carbocycles. The molecule has 0 bridgehead atoms. The lowest BCUT2D eigenvalue weighted by molar-refractivity contribution is -0.118. The highest BCUT2D eigenvalue weighted by molar-refractivity contribution is 5.81.